The molecule has 170 valence electrons. The number of anilines is 3. The average Bonchev–Trinajstić information content (AvgIpc) is 2.81. The van der Waals surface area contributed by atoms with Gasteiger partial charge in [-0.05, 0) is 48.5 Å². The van der Waals surface area contributed by atoms with Crippen LogP contribution >= 0.6 is 11.6 Å². The zero-order valence-electron chi connectivity index (χ0n) is 17.5. The molecule has 7 nitrogen and oxygen atoms in total. The molecule has 0 unspecified atom stereocenters. The van der Waals surface area contributed by atoms with Crippen molar-refractivity contribution in [3.8, 4) is 5.75 Å². The van der Waals surface area contributed by atoms with E-state index in [1.165, 1.54) is 42.5 Å². The number of amides is 2. The Morgan fingerprint density at radius 1 is 0.970 bits per heavy atom. The molecule has 33 heavy (non-hydrogen) atoms. The molecular weight excluding hydrogens is 449 g/mol. The summed E-state index contributed by atoms with van der Waals surface area (Å²) in [5, 5.41) is 15.4. The smallest absolute Gasteiger partial charge is 0.259 e. The van der Waals surface area contributed by atoms with E-state index in [0.29, 0.717) is 37.7 Å². The Balaban J connectivity index is 1.52. The summed E-state index contributed by atoms with van der Waals surface area (Å²) in [4.78, 5) is 27.3. The Morgan fingerprint density at radius 3 is 2.48 bits per heavy atom. The number of rotatable bonds is 5. The van der Waals surface area contributed by atoms with Crippen LogP contribution in [0.1, 0.15) is 20.7 Å². The van der Waals surface area contributed by atoms with Gasteiger partial charge in [0.05, 0.1) is 29.5 Å². The Labute approximate surface area is 194 Å². The number of hydrogen-bond donors (Lipinski definition) is 3. The Hall–Kier alpha value is -3.62. The number of hydrogen-bond acceptors (Lipinski definition) is 5. The highest BCUT2D eigenvalue weighted by atomic mass is 35.5. The van der Waals surface area contributed by atoms with Gasteiger partial charge in [-0.15, -0.1) is 0 Å². The fraction of sp³-hybridized carbons (Fsp3) is 0.167. The summed E-state index contributed by atoms with van der Waals surface area (Å²) in [7, 11) is 0. The predicted molar refractivity (Wildman–Crippen MR) is 125 cm³/mol. The van der Waals surface area contributed by atoms with Crippen molar-refractivity contribution in [2.24, 2.45) is 0 Å². The van der Waals surface area contributed by atoms with Gasteiger partial charge in [-0.2, -0.15) is 0 Å². The zero-order valence-corrected chi connectivity index (χ0v) is 18.2. The molecule has 0 atom stereocenters. The number of nitrogens with one attached hydrogen (secondary N) is 2. The summed E-state index contributed by atoms with van der Waals surface area (Å²) in [6, 6.07) is 14.8. The molecule has 0 aliphatic carbocycles. The second kappa shape index (κ2) is 9.89. The first-order chi connectivity index (χ1) is 15.9. The van der Waals surface area contributed by atoms with E-state index in [-0.39, 0.29) is 27.6 Å². The highest BCUT2D eigenvalue weighted by Gasteiger charge is 2.17. The summed E-state index contributed by atoms with van der Waals surface area (Å²) < 4.78 is 19.5. The molecule has 1 aliphatic rings. The molecule has 0 saturated carbocycles. The minimum absolute atomic E-state index is 0.0684. The Bertz CT molecular complexity index is 1200. The first-order valence-corrected chi connectivity index (χ1v) is 10.6. The van der Waals surface area contributed by atoms with Crippen LogP contribution in [0.4, 0.5) is 21.5 Å². The summed E-state index contributed by atoms with van der Waals surface area (Å²) in [5.74, 6) is -1.72. The van der Waals surface area contributed by atoms with E-state index >= 15 is 0 Å². The van der Waals surface area contributed by atoms with Gasteiger partial charge in [0.1, 0.15) is 11.6 Å². The number of aromatic hydroxyl groups is 1. The first kappa shape index (κ1) is 22.6. The zero-order chi connectivity index (χ0) is 23.4. The van der Waals surface area contributed by atoms with Crippen molar-refractivity contribution >= 4 is 40.5 Å². The van der Waals surface area contributed by atoms with E-state index in [1.807, 2.05) is 4.90 Å². The van der Waals surface area contributed by atoms with E-state index in [1.54, 1.807) is 18.2 Å². The van der Waals surface area contributed by atoms with E-state index in [0.717, 1.165) is 0 Å². The third kappa shape index (κ3) is 5.42. The lowest BCUT2D eigenvalue weighted by molar-refractivity contribution is 0.101. The van der Waals surface area contributed by atoms with E-state index in [4.69, 9.17) is 16.3 Å². The highest BCUT2D eigenvalue weighted by Crippen LogP contribution is 2.27. The van der Waals surface area contributed by atoms with Crippen molar-refractivity contribution in [2.45, 2.75) is 0 Å². The summed E-state index contributed by atoms with van der Waals surface area (Å²) in [6.45, 7) is 2.37. The summed E-state index contributed by atoms with van der Waals surface area (Å²) >= 11 is 6.19. The molecule has 1 aliphatic heterocycles. The van der Waals surface area contributed by atoms with Crippen LogP contribution in [0, 0.1) is 5.82 Å². The van der Waals surface area contributed by atoms with Gasteiger partial charge in [-0.25, -0.2) is 4.39 Å². The maximum absolute atomic E-state index is 14.2. The molecule has 0 bridgehead atoms. The third-order valence-electron chi connectivity index (χ3n) is 5.14. The summed E-state index contributed by atoms with van der Waals surface area (Å²) in [6.07, 6.45) is 0. The quantitative estimate of drug-likeness (QED) is 0.511. The van der Waals surface area contributed by atoms with E-state index in [9.17, 15) is 19.1 Å². The van der Waals surface area contributed by atoms with E-state index in [2.05, 4.69) is 10.6 Å². The fourth-order valence-electron chi connectivity index (χ4n) is 3.47. The van der Waals surface area contributed by atoms with Gasteiger partial charge in [0.15, 0.2) is 0 Å². The number of halogens is 2. The predicted octanol–water partition coefficient (Wildman–Crippen LogP) is 4.53. The summed E-state index contributed by atoms with van der Waals surface area (Å²) in [5.41, 5.74) is 1.44. The lowest BCUT2D eigenvalue weighted by atomic mass is 10.1. The van der Waals surface area contributed by atoms with Crippen LogP contribution in [0.3, 0.4) is 0 Å². The molecule has 0 aromatic heterocycles. The second-order valence-corrected chi connectivity index (χ2v) is 7.82. The maximum atomic E-state index is 14.2. The Morgan fingerprint density at radius 2 is 1.73 bits per heavy atom. The van der Waals surface area contributed by atoms with Crippen molar-refractivity contribution in [3.63, 3.8) is 0 Å². The number of carbonyl (C=O) groups is 2. The number of morpholine rings is 1. The van der Waals surface area contributed by atoms with Gasteiger partial charge in [0.25, 0.3) is 11.8 Å². The lowest BCUT2D eigenvalue weighted by Gasteiger charge is -2.29. The molecule has 2 amide bonds. The van der Waals surface area contributed by atoms with Gasteiger partial charge in [-0.3, -0.25) is 9.59 Å². The number of phenolic OH excluding ortho intramolecular Hbond substituents is 1. The number of carbonyl (C=O) groups excluding carboxylic acids is 2. The standard InChI is InChI=1S/C24H21ClFN3O4/c25-20-6-5-15(11-21(20)28-24(32)19-3-1-2-4-22(19)30)23(31)27-17-12-16(26)13-18(14-17)29-7-9-33-10-8-29/h1-6,11-14,30H,7-10H2,(H,27,31)(H,28,32). The fourth-order valence-corrected chi connectivity index (χ4v) is 3.64. The molecule has 3 aromatic carbocycles. The largest absolute Gasteiger partial charge is 0.507 e. The molecule has 4 rings (SSSR count). The van der Waals surface area contributed by atoms with E-state index < -0.39 is 17.6 Å². The van der Waals surface area contributed by atoms with Gasteiger partial charge in [0, 0.05) is 30.0 Å². The Kier molecular flexibility index (Phi) is 6.76. The van der Waals surface area contributed by atoms with Crippen LogP contribution in [-0.2, 0) is 4.74 Å². The topological polar surface area (TPSA) is 90.9 Å². The molecule has 3 aromatic rings. The van der Waals surface area contributed by atoms with Crippen molar-refractivity contribution in [1.29, 1.82) is 0 Å². The highest BCUT2D eigenvalue weighted by molar-refractivity contribution is 6.34. The number of benzene rings is 3. The molecule has 1 fully saturated rings. The molecule has 1 saturated heterocycles. The van der Waals surface area contributed by atoms with Crippen molar-refractivity contribution in [3.05, 3.63) is 82.6 Å². The molecule has 3 N–H and O–H groups in total. The van der Waals surface area contributed by atoms with Gasteiger partial charge < -0.3 is 25.4 Å². The van der Waals surface area contributed by atoms with Crippen molar-refractivity contribution in [2.75, 3.05) is 41.8 Å². The normalized spacial score (nSPS) is 13.5. The minimum atomic E-state index is -0.576. The number of nitrogens with zero attached hydrogens (tertiary/aromatic N) is 1. The molecule has 0 radical (unpaired) electrons. The average molecular weight is 470 g/mol. The van der Waals surface area contributed by atoms with Crippen LogP contribution in [0.25, 0.3) is 0 Å². The van der Waals surface area contributed by atoms with Gasteiger partial charge >= 0.3 is 0 Å². The van der Waals surface area contributed by atoms with Gasteiger partial charge in [-0.1, -0.05) is 23.7 Å². The number of phenols is 1. The monoisotopic (exact) mass is 469 g/mol. The first-order valence-electron chi connectivity index (χ1n) is 10.2. The van der Waals surface area contributed by atoms with Crippen LogP contribution < -0.4 is 15.5 Å². The molecule has 0 spiro atoms. The third-order valence-corrected chi connectivity index (χ3v) is 5.47. The van der Waals surface area contributed by atoms with Crippen molar-refractivity contribution < 1.29 is 23.8 Å². The van der Waals surface area contributed by atoms with Crippen molar-refractivity contribution in [1.82, 2.24) is 0 Å². The molecule has 1 heterocycles. The van der Waals surface area contributed by atoms with Crippen LogP contribution in [0.5, 0.6) is 5.75 Å². The molecular formula is C24H21ClFN3O4. The second-order valence-electron chi connectivity index (χ2n) is 7.42. The van der Waals surface area contributed by atoms with Crippen LogP contribution in [0.15, 0.2) is 60.7 Å². The maximum Gasteiger partial charge on any atom is 0.259 e. The number of para-hydroxylation sites is 1. The van der Waals surface area contributed by atoms with Crippen LogP contribution in [0.2, 0.25) is 5.02 Å². The minimum Gasteiger partial charge on any atom is -0.507 e. The van der Waals surface area contributed by atoms with Gasteiger partial charge in [0.2, 0.25) is 0 Å². The lowest BCUT2D eigenvalue weighted by Crippen LogP contribution is -2.36. The number of ether oxygens (including phenoxy) is 1. The SMILES string of the molecule is O=C(Nc1cc(F)cc(N2CCOCC2)c1)c1ccc(Cl)c(NC(=O)c2ccccc2O)c1. The molecule has 9 heteroatoms. The van der Waals surface area contributed by atoms with Crippen LogP contribution in [-0.4, -0.2) is 43.2 Å².